The minimum atomic E-state index is -4.36. The van der Waals surface area contributed by atoms with E-state index >= 15 is 0 Å². The molecule has 0 bridgehead atoms. The molecule has 10 fully saturated rings. The summed E-state index contributed by atoms with van der Waals surface area (Å²) in [5.74, 6) is 0. The summed E-state index contributed by atoms with van der Waals surface area (Å²) >= 11 is 0. The molecule has 0 radical (unpaired) electrons. The van der Waals surface area contributed by atoms with Gasteiger partial charge in [0.05, 0.1) is 0 Å². The van der Waals surface area contributed by atoms with Crippen molar-refractivity contribution in [3.05, 3.63) is 115 Å². The molecule has 10 aliphatic heterocycles. The van der Waals surface area contributed by atoms with E-state index < -0.39 is 22.1 Å². The van der Waals surface area contributed by atoms with E-state index in [2.05, 4.69) is 132 Å². The molecule has 10 aliphatic rings. The van der Waals surface area contributed by atoms with Gasteiger partial charge in [-0.2, -0.15) is 0 Å². The molecule has 0 nitrogen and oxygen atoms in total. The summed E-state index contributed by atoms with van der Waals surface area (Å²) < 4.78 is 1.19. The molecule has 0 amide bonds. The van der Waals surface area contributed by atoms with Crippen LogP contribution in [0.3, 0.4) is 0 Å². The van der Waals surface area contributed by atoms with Crippen LogP contribution in [0.25, 0.3) is 0 Å². The van der Waals surface area contributed by atoms with Crippen LogP contribution in [0.4, 0.5) is 0 Å². The normalized spacial score (nSPS) is 34.4. The SMILES string of the molecule is CCCCc1ccc(P(c2ccc(CCCC)c(CCCC)c2CCCC)[C]23[CH]4[CH]5[CH]6[C]2(P(c2ccc(CCCC)c(CCCC)c2CCCC)c2ccc(CCCC)c(CCCC)c2CCCC)[Ni]54632789[CH]3[CH]2[CH]7[CH]8[CH]39)c(CCCC)c1CCCC. The Morgan fingerprint density at radius 3 is 0.612 bits per heavy atom. The summed E-state index contributed by atoms with van der Waals surface area (Å²) in [6.07, 6.45) is 42.9. The number of unbranched alkanes of at least 4 members (excludes halogenated alkanes) is 12. The molecule has 4 unspecified atom stereocenters. The van der Waals surface area contributed by atoms with E-state index in [4.69, 9.17) is 0 Å². The Morgan fingerprint density at radius 1 is 0.247 bits per heavy atom. The van der Waals surface area contributed by atoms with Crippen LogP contribution in [0.1, 0.15) is 304 Å². The van der Waals surface area contributed by atoms with E-state index in [1.54, 1.807) is 22.3 Å². The van der Waals surface area contributed by atoms with Crippen LogP contribution in [0.5, 0.6) is 0 Å². The van der Waals surface area contributed by atoms with Gasteiger partial charge in [0.25, 0.3) is 0 Å². The molecule has 0 aliphatic carbocycles. The van der Waals surface area contributed by atoms with Crippen molar-refractivity contribution in [1.29, 1.82) is 0 Å². The Hall–Kier alpha value is -1.77. The average Bonchev–Trinajstić information content (AvgIpc) is 1.03. The first-order valence-corrected chi connectivity index (χ1v) is 45.9. The molecular formula is C82H124NiP2. The Bertz CT molecular complexity index is 3100. The number of hydrogen-bond donors (Lipinski definition) is 0. The summed E-state index contributed by atoms with van der Waals surface area (Å²) in [7, 11) is -1.22. The molecule has 0 N–H and O–H groups in total. The van der Waals surface area contributed by atoms with Crippen LogP contribution in [0, 0.1) is 0 Å². The molecule has 4 aromatic rings. The van der Waals surface area contributed by atoms with Gasteiger partial charge in [-0.15, -0.1) is 0 Å². The van der Waals surface area contributed by atoms with E-state index in [1.807, 2.05) is 65.7 Å². The second-order valence-electron chi connectivity index (χ2n) is 31.6. The second kappa shape index (κ2) is 17.3. The van der Waals surface area contributed by atoms with Crippen LogP contribution in [0.15, 0.2) is 48.5 Å². The van der Waals surface area contributed by atoms with Gasteiger partial charge < -0.3 is 0 Å². The van der Waals surface area contributed by atoms with Crippen molar-refractivity contribution in [2.45, 2.75) is 362 Å². The Morgan fingerprint density at radius 2 is 0.435 bits per heavy atom. The fourth-order valence-corrected chi connectivity index (χ4v) is 121. The molecule has 0 saturated carbocycles. The predicted molar refractivity (Wildman–Crippen MR) is 377 cm³/mol. The molecule has 1 spiro atoms. The van der Waals surface area contributed by atoms with Crippen molar-refractivity contribution in [2.75, 3.05) is 0 Å². The molecule has 10 heterocycles. The number of fused-ring (bicyclic) bond motifs is 10. The summed E-state index contributed by atoms with van der Waals surface area (Å²) in [6.45, 7) is 29.9. The van der Waals surface area contributed by atoms with E-state index in [1.165, 1.54) is 270 Å². The third-order valence-corrected chi connectivity index (χ3v) is 82.1. The van der Waals surface area contributed by atoms with Crippen molar-refractivity contribution in [3.63, 3.8) is 0 Å². The number of hydrogen-bond acceptors (Lipinski definition) is 0. The Labute approximate surface area is 516 Å². The molecule has 472 valence electrons. The maximum atomic E-state index is 3.02. The summed E-state index contributed by atoms with van der Waals surface area (Å²) in [5.41, 5.74) is 22.4. The topological polar surface area (TPSA) is 0 Å². The van der Waals surface area contributed by atoms with Crippen LogP contribution >= 0.6 is 15.8 Å². The van der Waals surface area contributed by atoms with Gasteiger partial charge in [0, 0.05) is 0 Å². The number of aryl methyl sites for hydroxylation is 4. The van der Waals surface area contributed by atoms with E-state index in [0.717, 1.165) is 0 Å². The monoisotopic (exact) mass is 1230 g/mol. The maximum absolute atomic E-state index is 4.36. The van der Waals surface area contributed by atoms with Gasteiger partial charge >= 0.3 is 520 Å². The number of rotatable bonds is 42. The van der Waals surface area contributed by atoms with Gasteiger partial charge in [-0.1, -0.05) is 0 Å². The molecule has 4 aromatic carbocycles. The number of benzene rings is 4. The van der Waals surface area contributed by atoms with Crippen LogP contribution in [0.2, 0.25) is 39.1 Å². The molecule has 0 aromatic heterocycles. The zero-order valence-corrected chi connectivity index (χ0v) is 59.7. The molecular weight excluding hydrogens is 1110 g/mol. The van der Waals surface area contributed by atoms with Crippen molar-refractivity contribution < 1.29 is 6.23 Å². The summed E-state index contributed by atoms with van der Waals surface area (Å²) in [6, 6.07) is 23.6. The standard InChI is InChI=1S/C77H119P2.C5H5.Ni/c1-13-25-38-60-52-56-72(68(46-33-21-9)64(60)42-29-17-5)78(73-57-53-61(39-26-14-2)65(43-30-18-6)69(73)47-34-22-10)76-50-37-51-77(76)79(74-58-54-62(40-27-15-3)66(44-31-19-7)70(74)48-35-23-11)75-59-55-63(41-28-16-4)67(45-32-20-8)71(75)49-36-24-12;1-2-4-5-3-1;/h37,50-59H,13-36,38-49H2,1-12H3;1-5H;. The summed E-state index contributed by atoms with van der Waals surface area (Å²) in [5, 5.41) is 8.07. The van der Waals surface area contributed by atoms with E-state index in [9.17, 15) is 0 Å². The molecule has 14 rings (SSSR count). The zero-order chi connectivity index (χ0) is 59.4. The first kappa shape index (κ1) is 60.8. The average molecular weight is 1230 g/mol. The molecule has 85 heavy (non-hydrogen) atoms. The van der Waals surface area contributed by atoms with Crippen LogP contribution in [-0.4, -0.2) is 8.25 Å². The van der Waals surface area contributed by atoms with E-state index in [-0.39, 0.29) is 0 Å². The van der Waals surface area contributed by atoms with Crippen LogP contribution in [-0.2, 0) is 83.3 Å². The van der Waals surface area contributed by atoms with Gasteiger partial charge in [-0.3, -0.25) is 0 Å². The second-order valence-corrected chi connectivity index (χ2v) is 57.7. The van der Waals surface area contributed by atoms with Gasteiger partial charge in [0.15, 0.2) is 0 Å². The van der Waals surface area contributed by atoms with Crippen LogP contribution < -0.4 is 21.2 Å². The first-order valence-electron chi connectivity index (χ1n) is 37.6. The predicted octanol–water partition coefficient (Wildman–Crippen LogP) is 23.6. The van der Waals surface area contributed by atoms with Crippen molar-refractivity contribution >= 4 is 37.1 Å². The third kappa shape index (κ3) is 3.88. The quantitative estimate of drug-likeness (QED) is 0.0306. The molecule has 4 atom stereocenters. The van der Waals surface area contributed by atoms with Gasteiger partial charge in [0.2, 0.25) is 0 Å². The molecule has 10 saturated heterocycles. The summed E-state index contributed by atoms with van der Waals surface area (Å²) in [4.78, 5) is 9.64. The van der Waals surface area contributed by atoms with E-state index in [0.29, 0.717) is 8.25 Å². The molecule has 3 heteroatoms. The fourth-order valence-electron chi connectivity index (χ4n) is 27.9. The third-order valence-electron chi connectivity index (χ3n) is 30.3. The minimum absolute atomic E-state index is 0.593. The zero-order valence-electron chi connectivity index (χ0n) is 56.9. The van der Waals surface area contributed by atoms with Crippen molar-refractivity contribution in [3.8, 4) is 0 Å². The fraction of sp³-hybridized carbons (Fsp3) is 0.707. The van der Waals surface area contributed by atoms with Crippen molar-refractivity contribution in [2.24, 2.45) is 0 Å². The van der Waals surface area contributed by atoms with Gasteiger partial charge in [-0.25, -0.2) is 0 Å². The van der Waals surface area contributed by atoms with Gasteiger partial charge in [-0.05, 0) is 0 Å². The first-order chi connectivity index (χ1) is 41.5. The van der Waals surface area contributed by atoms with Crippen molar-refractivity contribution in [1.82, 2.24) is 0 Å². The Balaban J connectivity index is 1.12. The Kier molecular flexibility index (Phi) is 12.4. The van der Waals surface area contributed by atoms with Gasteiger partial charge in [0.1, 0.15) is 0 Å².